The molecule has 2 aromatic carbocycles. The average Bonchev–Trinajstić information content (AvgIpc) is 3.15. The van der Waals surface area contributed by atoms with E-state index >= 15 is 0 Å². The van der Waals surface area contributed by atoms with Gasteiger partial charge in [-0.3, -0.25) is 5.10 Å². The summed E-state index contributed by atoms with van der Waals surface area (Å²) in [6.45, 7) is 4.51. The minimum Gasteiger partial charge on any atom is -0.313 e. The van der Waals surface area contributed by atoms with Gasteiger partial charge in [0.05, 0.1) is 17.2 Å². The van der Waals surface area contributed by atoms with Crippen molar-refractivity contribution in [3.63, 3.8) is 0 Å². The summed E-state index contributed by atoms with van der Waals surface area (Å²) in [5.74, 6) is 0.809. The van der Waals surface area contributed by atoms with Crippen molar-refractivity contribution < 1.29 is 4.39 Å². The van der Waals surface area contributed by atoms with Crippen LogP contribution in [0.4, 0.5) is 4.39 Å². The molecule has 0 radical (unpaired) electrons. The third kappa shape index (κ3) is 2.21. The molecule has 4 heteroatoms. The van der Waals surface area contributed by atoms with Crippen LogP contribution in [0, 0.1) is 5.82 Å². The van der Waals surface area contributed by atoms with Crippen LogP contribution in [0.2, 0.25) is 0 Å². The Labute approximate surface area is 151 Å². The summed E-state index contributed by atoms with van der Waals surface area (Å²) >= 11 is 0. The predicted molar refractivity (Wildman–Crippen MR) is 104 cm³/mol. The summed E-state index contributed by atoms with van der Waals surface area (Å²) in [7, 11) is 0. The fraction of sp³-hybridized carbons (Fsp3) is 0.318. The standard InChI is InChI=1S/C22H22FN3/c1-13(2)22-21(14-4-3-5-14)18-11-19-15(12-24-25-19)10-20(18)26(22)17-8-6-16(23)7-9-17/h6-14H,3-5H2,1-2H3,(H,24,25). The quantitative estimate of drug-likeness (QED) is 0.482. The SMILES string of the molecule is CC(C)c1c(C2CCC2)c2cc3[nH]ncc3cc2n1-c1ccc(F)cc1. The van der Waals surface area contributed by atoms with Crippen LogP contribution in [0.3, 0.4) is 0 Å². The average molecular weight is 347 g/mol. The first kappa shape index (κ1) is 15.6. The molecule has 2 heterocycles. The lowest BCUT2D eigenvalue weighted by molar-refractivity contribution is 0.417. The molecule has 132 valence electrons. The van der Waals surface area contributed by atoms with Crippen LogP contribution in [-0.4, -0.2) is 14.8 Å². The second kappa shape index (κ2) is 5.70. The minimum atomic E-state index is -0.201. The second-order valence-corrected chi connectivity index (χ2v) is 7.72. The number of nitrogens with zero attached hydrogens (tertiary/aromatic N) is 2. The lowest BCUT2D eigenvalue weighted by atomic mass is 9.77. The summed E-state index contributed by atoms with van der Waals surface area (Å²) < 4.78 is 15.9. The van der Waals surface area contributed by atoms with Gasteiger partial charge < -0.3 is 4.57 Å². The number of aromatic amines is 1. The third-order valence-electron chi connectivity index (χ3n) is 5.75. The highest BCUT2D eigenvalue weighted by Crippen LogP contribution is 2.46. The second-order valence-electron chi connectivity index (χ2n) is 7.72. The van der Waals surface area contributed by atoms with Crippen LogP contribution in [0.15, 0.2) is 42.6 Å². The summed E-state index contributed by atoms with van der Waals surface area (Å²) in [5, 5.41) is 9.72. The van der Waals surface area contributed by atoms with Crippen molar-refractivity contribution >= 4 is 21.8 Å². The van der Waals surface area contributed by atoms with E-state index in [1.807, 2.05) is 18.3 Å². The maximum Gasteiger partial charge on any atom is 0.123 e. The molecule has 1 aliphatic rings. The third-order valence-corrected chi connectivity index (χ3v) is 5.75. The number of fused-ring (bicyclic) bond motifs is 2. The molecule has 1 N–H and O–H groups in total. The number of aromatic nitrogens is 3. The largest absolute Gasteiger partial charge is 0.313 e. The maximum absolute atomic E-state index is 13.5. The van der Waals surface area contributed by atoms with E-state index in [0.717, 1.165) is 16.6 Å². The van der Waals surface area contributed by atoms with Gasteiger partial charge in [0.15, 0.2) is 0 Å². The van der Waals surface area contributed by atoms with Gasteiger partial charge in [0.25, 0.3) is 0 Å². The van der Waals surface area contributed by atoms with E-state index in [9.17, 15) is 4.39 Å². The van der Waals surface area contributed by atoms with Crippen molar-refractivity contribution in [1.82, 2.24) is 14.8 Å². The van der Waals surface area contributed by atoms with E-state index in [-0.39, 0.29) is 5.82 Å². The first-order valence-corrected chi connectivity index (χ1v) is 9.40. The van der Waals surface area contributed by atoms with Crippen molar-refractivity contribution in [2.24, 2.45) is 0 Å². The highest BCUT2D eigenvalue weighted by Gasteiger charge is 2.30. The van der Waals surface area contributed by atoms with Crippen LogP contribution < -0.4 is 0 Å². The first-order chi connectivity index (χ1) is 12.6. The Kier molecular flexibility index (Phi) is 3.42. The number of halogens is 1. The summed E-state index contributed by atoms with van der Waals surface area (Å²) in [6, 6.07) is 11.3. The Morgan fingerprint density at radius 3 is 2.58 bits per heavy atom. The number of nitrogens with one attached hydrogen (secondary N) is 1. The first-order valence-electron chi connectivity index (χ1n) is 9.40. The van der Waals surface area contributed by atoms with E-state index in [0.29, 0.717) is 11.8 Å². The van der Waals surface area contributed by atoms with Crippen LogP contribution in [-0.2, 0) is 0 Å². The van der Waals surface area contributed by atoms with Gasteiger partial charge in [0.1, 0.15) is 5.82 Å². The monoisotopic (exact) mass is 347 g/mol. The zero-order valence-corrected chi connectivity index (χ0v) is 15.1. The normalized spacial score (nSPS) is 15.2. The highest BCUT2D eigenvalue weighted by atomic mass is 19.1. The molecule has 0 bridgehead atoms. The van der Waals surface area contributed by atoms with E-state index < -0.39 is 0 Å². The molecule has 0 spiro atoms. The van der Waals surface area contributed by atoms with Crippen LogP contribution in [0.5, 0.6) is 0 Å². The molecule has 1 aliphatic carbocycles. The summed E-state index contributed by atoms with van der Waals surface area (Å²) in [6.07, 6.45) is 5.68. The molecule has 0 atom stereocenters. The van der Waals surface area contributed by atoms with Gasteiger partial charge in [0.2, 0.25) is 0 Å². The van der Waals surface area contributed by atoms with Gasteiger partial charge in [-0.25, -0.2) is 4.39 Å². The van der Waals surface area contributed by atoms with Crippen molar-refractivity contribution in [3.05, 3.63) is 59.7 Å². The lowest BCUT2D eigenvalue weighted by Crippen LogP contribution is -2.13. The predicted octanol–water partition coefficient (Wildman–Crippen LogP) is 6.04. The number of benzene rings is 2. The Hall–Kier alpha value is -2.62. The lowest BCUT2D eigenvalue weighted by Gasteiger charge is -2.28. The van der Waals surface area contributed by atoms with Crippen molar-refractivity contribution in [3.8, 4) is 5.69 Å². The van der Waals surface area contributed by atoms with Gasteiger partial charge in [-0.15, -0.1) is 0 Å². The van der Waals surface area contributed by atoms with Crippen LogP contribution in [0.1, 0.15) is 56.2 Å². The fourth-order valence-electron chi connectivity index (χ4n) is 4.33. The zero-order valence-electron chi connectivity index (χ0n) is 15.1. The van der Waals surface area contributed by atoms with Crippen molar-refractivity contribution in [2.75, 3.05) is 0 Å². The highest BCUT2D eigenvalue weighted by molar-refractivity contribution is 5.99. The van der Waals surface area contributed by atoms with Crippen molar-refractivity contribution in [2.45, 2.75) is 44.9 Å². The molecule has 3 nitrogen and oxygen atoms in total. The van der Waals surface area contributed by atoms with E-state index in [1.165, 1.54) is 41.4 Å². The van der Waals surface area contributed by atoms with Gasteiger partial charge in [-0.05, 0) is 66.6 Å². The molecule has 2 aromatic heterocycles. The minimum absolute atomic E-state index is 0.201. The molecule has 1 saturated carbocycles. The fourth-order valence-corrected chi connectivity index (χ4v) is 4.33. The summed E-state index contributed by atoms with van der Waals surface area (Å²) in [4.78, 5) is 0. The number of hydrogen-bond acceptors (Lipinski definition) is 1. The zero-order chi connectivity index (χ0) is 17.8. The smallest absolute Gasteiger partial charge is 0.123 e. The van der Waals surface area contributed by atoms with Crippen LogP contribution in [0.25, 0.3) is 27.5 Å². The number of rotatable bonds is 3. The Morgan fingerprint density at radius 1 is 1.15 bits per heavy atom. The molecular weight excluding hydrogens is 325 g/mol. The molecule has 0 aliphatic heterocycles. The molecule has 26 heavy (non-hydrogen) atoms. The molecule has 0 unspecified atom stereocenters. The molecule has 1 fully saturated rings. The van der Waals surface area contributed by atoms with Gasteiger partial charge in [0, 0.05) is 22.2 Å². The maximum atomic E-state index is 13.5. The molecule has 4 aromatic rings. The molecule has 0 saturated heterocycles. The van der Waals surface area contributed by atoms with Crippen LogP contribution >= 0.6 is 0 Å². The Morgan fingerprint density at radius 2 is 1.92 bits per heavy atom. The van der Waals surface area contributed by atoms with E-state index in [4.69, 9.17) is 0 Å². The molecular formula is C22H22FN3. The van der Waals surface area contributed by atoms with E-state index in [2.05, 4.69) is 40.7 Å². The molecule has 0 amide bonds. The summed E-state index contributed by atoms with van der Waals surface area (Å²) in [5.41, 5.74) is 6.12. The van der Waals surface area contributed by atoms with Crippen molar-refractivity contribution in [1.29, 1.82) is 0 Å². The number of hydrogen-bond donors (Lipinski definition) is 1. The van der Waals surface area contributed by atoms with Gasteiger partial charge >= 0.3 is 0 Å². The topological polar surface area (TPSA) is 33.6 Å². The van der Waals surface area contributed by atoms with Gasteiger partial charge in [-0.2, -0.15) is 5.10 Å². The molecule has 5 rings (SSSR count). The van der Waals surface area contributed by atoms with E-state index in [1.54, 1.807) is 12.1 Å². The van der Waals surface area contributed by atoms with Gasteiger partial charge in [-0.1, -0.05) is 20.3 Å². The Balaban J connectivity index is 1.91. The number of H-pyrrole nitrogens is 1. The Bertz CT molecular complexity index is 1100.